The number of rotatable bonds is 2. The highest BCUT2D eigenvalue weighted by atomic mass is 16.6. The van der Waals surface area contributed by atoms with Crippen molar-refractivity contribution in [3.63, 3.8) is 0 Å². The summed E-state index contributed by atoms with van der Waals surface area (Å²) in [6, 6.07) is 5.96. The summed E-state index contributed by atoms with van der Waals surface area (Å²) in [7, 11) is 0. The lowest BCUT2D eigenvalue weighted by Crippen LogP contribution is -2.14. The monoisotopic (exact) mass is 180 g/mol. The van der Waals surface area contributed by atoms with Crippen LogP contribution in [0.25, 0.3) is 0 Å². The Kier molecular flexibility index (Phi) is 1.90. The molecule has 0 aromatic heterocycles. The van der Waals surface area contributed by atoms with Crippen LogP contribution in [0.2, 0.25) is 0 Å². The summed E-state index contributed by atoms with van der Waals surface area (Å²) in [5, 5.41) is 8.95. The smallest absolute Gasteiger partial charge is 0.343 e. The zero-order valence-corrected chi connectivity index (χ0v) is 6.77. The molecule has 1 aromatic rings. The lowest BCUT2D eigenvalue weighted by atomic mass is 10.3. The van der Waals surface area contributed by atoms with Gasteiger partial charge in [-0.2, -0.15) is 0 Å². The number of carbonyl (C=O) groups is 1. The van der Waals surface area contributed by atoms with E-state index in [1.807, 2.05) is 0 Å². The second kappa shape index (κ2) is 3.06. The maximum atomic E-state index is 11.0. The molecule has 0 amide bonds. The molecular formula is C9H8O4. The number of epoxide rings is 1. The Hall–Kier alpha value is -1.55. The quantitative estimate of drug-likeness (QED) is 0.413. The maximum absolute atomic E-state index is 11.0. The van der Waals surface area contributed by atoms with Crippen LogP contribution in [0.5, 0.6) is 11.5 Å². The first kappa shape index (κ1) is 8.07. The van der Waals surface area contributed by atoms with Crippen LogP contribution in [0.4, 0.5) is 0 Å². The van der Waals surface area contributed by atoms with E-state index in [4.69, 9.17) is 14.6 Å². The van der Waals surface area contributed by atoms with Gasteiger partial charge < -0.3 is 14.6 Å². The number of esters is 1. The first-order valence-corrected chi connectivity index (χ1v) is 3.88. The normalized spacial score (nSPS) is 19.5. The van der Waals surface area contributed by atoms with Gasteiger partial charge in [0.15, 0.2) is 6.10 Å². The molecule has 1 fully saturated rings. The standard InChI is InChI=1S/C9H8O4/c10-6-1-3-7(4-2-6)13-9(11)8-5-12-8/h1-4,8,10H,5H2. The average molecular weight is 180 g/mol. The third kappa shape index (κ3) is 1.97. The molecule has 13 heavy (non-hydrogen) atoms. The van der Waals surface area contributed by atoms with Gasteiger partial charge >= 0.3 is 5.97 Å². The van der Waals surface area contributed by atoms with Gasteiger partial charge in [-0.3, -0.25) is 0 Å². The van der Waals surface area contributed by atoms with Crippen molar-refractivity contribution in [3.8, 4) is 11.5 Å². The molecule has 1 atom stereocenters. The Bertz CT molecular complexity index is 313. The number of phenols is 1. The van der Waals surface area contributed by atoms with E-state index in [0.29, 0.717) is 12.4 Å². The molecule has 1 N–H and O–H groups in total. The topological polar surface area (TPSA) is 59.1 Å². The lowest BCUT2D eigenvalue weighted by molar-refractivity contribution is -0.135. The predicted molar refractivity (Wildman–Crippen MR) is 43.5 cm³/mol. The SMILES string of the molecule is O=C(Oc1ccc(O)cc1)C1CO1. The molecule has 2 rings (SSSR count). The van der Waals surface area contributed by atoms with Gasteiger partial charge in [0.25, 0.3) is 0 Å². The Morgan fingerprint density at radius 3 is 2.62 bits per heavy atom. The maximum Gasteiger partial charge on any atom is 0.343 e. The van der Waals surface area contributed by atoms with Crippen LogP contribution >= 0.6 is 0 Å². The second-order valence-corrected chi connectivity index (χ2v) is 2.74. The van der Waals surface area contributed by atoms with E-state index in [-0.39, 0.29) is 11.7 Å². The van der Waals surface area contributed by atoms with Crippen molar-refractivity contribution in [2.75, 3.05) is 6.61 Å². The van der Waals surface area contributed by atoms with Gasteiger partial charge in [-0.25, -0.2) is 4.79 Å². The number of carbonyl (C=O) groups excluding carboxylic acids is 1. The van der Waals surface area contributed by atoms with Crippen LogP contribution in [0.3, 0.4) is 0 Å². The Labute approximate surface area is 74.7 Å². The summed E-state index contributed by atoms with van der Waals surface area (Å²) in [5.41, 5.74) is 0. The number of aromatic hydroxyl groups is 1. The summed E-state index contributed by atoms with van der Waals surface area (Å²) in [5.74, 6) is 0.173. The number of benzene rings is 1. The first-order valence-electron chi connectivity index (χ1n) is 3.88. The molecule has 4 nitrogen and oxygen atoms in total. The van der Waals surface area contributed by atoms with Gasteiger partial charge in [-0.15, -0.1) is 0 Å². The molecule has 4 heteroatoms. The lowest BCUT2D eigenvalue weighted by Gasteiger charge is -2.01. The van der Waals surface area contributed by atoms with Crippen molar-refractivity contribution in [2.45, 2.75) is 6.10 Å². The predicted octanol–water partition coefficient (Wildman–Crippen LogP) is 0.696. The molecule has 68 valence electrons. The van der Waals surface area contributed by atoms with E-state index in [1.165, 1.54) is 24.3 Å². The summed E-state index contributed by atoms with van der Waals surface area (Å²) >= 11 is 0. The van der Waals surface area contributed by atoms with Crippen molar-refractivity contribution in [3.05, 3.63) is 24.3 Å². The van der Waals surface area contributed by atoms with Crippen molar-refractivity contribution in [1.29, 1.82) is 0 Å². The van der Waals surface area contributed by atoms with E-state index in [0.717, 1.165) is 0 Å². The number of phenolic OH excluding ortho intramolecular Hbond substituents is 1. The minimum absolute atomic E-state index is 0.141. The third-order valence-electron chi connectivity index (χ3n) is 1.65. The fourth-order valence-electron chi connectivity index (χ4n) is 0.880. The van der Waals surface area contributed by atoms with Crippen molar-refractivity contribution in [2.24, 2.45) is 0 Å². The van der Waals surface area contributed by atoms with Gasteiger partial charge in [-0.05, 0) is 24.3 Å². The van der Waals surface area contributed by atoms with E-state index in [1.54, 1.807) is 0 Å². The van der Waals surface area contributed by atoms with Gasteiger partial charge in [0.1, 0.15) is 11.5 Å². The van der Waals surface area contributed by atoms with Crippen LogP contribution in [0.1, 0.15) is 0 Å². The molecule has 1 aliphatic heterocycles. The van der Waals surface area contributed by atoms with Crippen LogP contribution in [-0.2, 0) is 9.53 Å². The molecule has 0 aliphatic carbocycles. The average Bonchev–Trinajstić information content (AvgIpc) is 2.91. The summed E-state index contributed by atoms with van der Waals surface area (Å²) < 4.78 is 9.66. The van der Waals surface area contributed by atoms with Gasteiger partial charge in [-0.1, -0.05) is 0 Å². The molecule has 0 saturated carbocycles. The van der Waals surface area contributed by atoms with Crippen molar-refractivity contribution >= 4 is 5.97 Å². The van der Waals surface area contributed by atoms with E-state index in [2.05, 4.69) is 0 Å². The summed E-state index contributed by atoms with van der Waals surface area (Å²) in [4.78, 5) is 11.0. The fourth-order valence-corrected chi connectivity index (χ4v) is 0.880. The van der Waals surface area contributed by atoms with Gasteiger partial charge in [0, 0.05) is 0 Å². The molecule has 1 aromatic carbocycles. The highest BCUT2D eigenvalue weighted by Gasteiger charge is 2.33. The van der Waals surface area contributed by atoms with Crippen LogP contribution in [-0.4, -0.2) is 23.8 Å². The van der Waals surface area contributed by atoms with Crippen molar-refractivity contribution in [1.82, 2.24) is 0 Å². The zero-order valence-electron chi connectivity index (χ0n) is 6.77. The minimum Gasteiger partial charge on any atom is -0.508 e. The number of hydrogen-bond acceptors (Lipinski definition) is 4. The van der Waals surface area contributed by atoms with E-state index in [9.17, 15) is 4.79 Å². The molecule has 0 radical (unpaired) electrons. The third-order valence-corrected chi connectivity index (χ3v) is 1.65. The fraction of sp³-hybridized carbons (Fsp3) is 0.222. The molecular weight excluding hydrogens is 172 g/mol. The van der Waals surface area contributed by atoms with E-state index >= 15 is 0 Å². The van der Waals surface area contributed by atoms with Crippen LogP contribution < -0.4 is 4.74 Å². The number of hydrogen-bond donors (Lipinski definition) is 1. The molecule has 0 spiro atoms. The first-order chi connectivity index (χ1) is 6.25. The molecule has 1 saturated heterocycles. The highest BCUT2D eigenvalue weighted by molar-refractivity contribution is 5.79. The van der Waals surface area contributed by atoms with Gasteiger partial charge in [0.2, 0.25) is 0 Å². The van der Waals surface area contributed by atoms with Crippen molar-refractivity contribution < 1.29 is 19.4 Å². The molecule has 0 bridgehead atoms. The molecule has 1 aliphatic rings. The summed E-state index contributed by atoms with van der Waals surface area (Å²) in [6.07, 6.45) is -0.395. The largest absolute Gasteiger partial charge is 0.508 e. The molecule has 1 heterocycles. The minimum atomic E-state index is -0.395. The van der Waals surface area contributed by atoms with Gasteiger partial charge in [0.05, 0.1) is 6.61 Å². The Morgan fingerprint density at radius 1 is 1.46 bits per heavy atom. The van der Waals surface area contributed by atoms with E-state index < -0.39 is 6.10 Å². The number of ether oxygens (including phenoxy) is 2. The zero-order chi connectivity index (χ0) is 9.26. The van der Waals surface area contributed by atoms with Crippen LogP contribution in [0, 0.1) is 0 Å². The summed E-state index contributed by atoms with van der Waals surface area (Å²) in [6.45, 7) is 0.441. The Morgan fingerprint density at radius 2 is 2.08 bits per heavy atom. The molecule has 1 unspecified atom stereocenters. The Balaban J connectivity index is 2.00. The van der Waals surface area contributed by atoms with Crippen LogP contribution in [0.15, 0.2) is 24.3 Å². The second-order valence-electron chi connectivity index (χ2n) is 2.74. The highest BCUT2D eigenvalue weighted by Crippen LogP contribution is 2.18.